The lowest BCUT2D eigenvalue weighted by Crippen LogP contribution is -2.51. The van der Waals surface area contributed by atoms with Gasteiger partial charge in [-0.3, -0.25) is 9.69 Å². The zero-order chi connectivity index (χ0) is 12.8. The van der Waals surface area contributed by atoms with E-state index in [0.717, 1.165) is 26.2 Å². The van der Waals surface area contributed by atoms with E-state index in [0.29, 0.717) is 18.5 Å². The number of likely N-dealkylation sites (N-methyl/N-ethyl adjacent to an activating group) is 2. The molecular formula is C13H27N3O. The highest BCUT2D eigenvalue weighted by Crippen LogP contribution is 2.16. The van der Waals surface area contributed by atoms with Crippen LogP contribution in [0, 0.1) is 5.92 Å². The molecule has 1 saturated heterocycles. The first-order valence-electron chi connectivity index (χ1n) is 6.78. The zero-order valence-corrected chi connectivity index (χ0v) is 11.7. The summed E-state index contributed by atoms with van der Waals surface area (Å²) < 4.78 is 0. The van der Waals surface area contributed by atoms with Gasteiger partial charge in [-0.05, 0) is 39.8 Å². The molecule has 2 unspecified atom stereocenters. The van der Waals surface area contributed by atoms with Crippen molar-refractivity contribution in [3.63, 3.8) is 0 Å². The van der Waals surface area contributed by atoms with Gasteiger partial charge in [0.25, 0.3) is 0 Å². The summed E-state index contributed by atoms with van der Waals surface area (Å²) in [5.74, 6) is 0.918. The van der Waals surface area contributed by atoms with Crippen molar-refractivity contribution in [1.29, 1.82) is 0 Å². The Hall–Kier alpha value is -0.610. The molecule has 1 aliphatic rings. The lowest BCUT2D eigenvalue weighted by atomic mass is 9.94. The van der Waals surface area contributed by atoms with Crippen LogP contribution >= 0.6 is 0 Å². The van der Waals surface area contributed by atoms with Crippen LogP contribution in [0.4, 0.5) is 0 Å². The van der Waals surface area contributed by atoms with Gasteiger partial charge < -0.3 is 10.2 Å². The molecule has 0 radical (unpaired) electrons. The van der Waals surface area contributed by atoms with Crippen molar-refractivity contribution in [2.24, 2.45) is 5.92 Å². The second-order valence-electron chi connectivity index (χ2n) is 5.02. The standard InChI is InChI=1S/C13H27N3O/c1-5-16(6-2)13(17)10-15(4)12-9-14-8-7-11(12)3/h11-12,14H,5-10H2,1-4H3. The minimum Gasteiger partial charge on any atom is -0.342 e. The first-order chi connectivity index (χ1) is 8.10. The summed E-state index contributed by atoms with van der Waals surface area (Å²) in [7, 11) is 2.07. The van der Waals surface area contributed by atoms with Crippen molar-refractivity contribution in [3.8, 4) is 0 Å². The fraction of sp³-hybridized carbons (Fsp3) is 0.923. The zero-order valence-electron chi connectivity index (χ0n) is 11.7. The summed E-state index contributed by atoms with van der Waals surface area (Å²) in [6, 6.07) is 0.489. The number of piperidine rings is 1. The predicted octanol–water partition coefficient (Wildman–Crippen LogP) is 0.785. The molecule has 1 fully saturated rings. The molecule has 4 heteroatoms. The minimum absolute atomic E-state index is 0.246. The second-order valence-corrected chi connectivity index (χ2v) is 5.02. The Kier molecular flexibility index (Phi) is 5.92. The second kappa shape index (κ2) is 6.97. The summed E-state index contributed by atoms with van der Waals surface area (Å²) in [6.07, 6.45) is 1.20. The van der Waals surface area contributed by atoms with E-state index in [1.54, 1.807) is 0 Å². The Balaban J connectivity index is 2.47. The quantitative estimate of drug-likeness (QED) is 0.773. The first-order valence-corrected chi connectivity index (χ1v) is 6.78. The van der Waals surface area contributed by atoms with Crippen molar-refractivity contribution in [2.45, 2.75) is 33.2 Å². The molecule has 17 heavy (non-hydrogen) atoms. The molecule has 1 amide bonds. The Labute approximate surface area is 105 Å². The number of carbonyl (C=O) groups is 1. The molecule has 1 rings (SSSR count). The van der Waals surface area contributed by atoms with E-state index in [4.69, 9.17) is 0 Å². The fourth-order valence-electron chi connectivity index (χ4n) is 2.57. The van der Waals surface area contributed by atoms with Gasteiger partial charge in [0.2, 0.25) is 5.91 Å². The molecule has 0 bridgehead atoms. The summed E-state index contributed by atoms with van der Waals surface area (Å²) in [5.41, 5.74) is 0. The molecule has 0 aromatic heterocycles. The molecule has 4 nitrogen and oxygen atoms in total. The molecule has 1 heterocycles. The maximum atomic E-state index is 12.0. The van der Waals surface area contributed by atoms with Gasteiger partial charge in [0.1, 0.15) is 0 Å². The summed E-state index contributed by atoms with van der Waals surface area (Å²) >= 11 is 0. The third-order valence-corrected chi connectivity index (χ3v) is 3.85. The number of hydrogen-bond donors (Lipinski definition) is 1. The number of carbonyl (C=O) groups excluding carboxylic acids is 1. The largest absolute Gasteiger partial charge is 0.342 e. The van der Waals surface area contributed by atoms with E-state index in [-0.39, 0.29) is 5.91 Å². The number of amides is 1. The van der Waals surface area contributed by atoms with Crippen LogP contribution < -0.4 is 5.32 Å². The van der Waals surface area contributed by atoms with E-state index >= 15 is 0 Å². The maximum absolute atomic E-state index is 12.0. The molecule has 0 spiro atoms. The third kappa shape index (κ3) is 3.96. The van der Waals surface area contributed by atoms with Crippen LogP contribution in [0.2, 0.25) is 0 Å². The molecule has 2 atom stereocenters. The van der Waals surface area contributed by atoms with Gasteiger partial charge >= 0.3 is 0 Å². The molecular weight excluding hydrogens is 214 g/mol. The van der Waals surface area contributed by atoms with Crippen LogP contribution in [0.3, 0.4) is 0 Å². The van der Waals surface area contributed by atoms with Crippen LogP contribution in [-0.2, 0) is 4.79 Å². The van der Waals surface area contributed by atoms with Crippen LogP contribution in [0.5, 0.6) is 0 Å². The van der Waals surface area contributed by atoms with E-state index in [2.05, 4.69) is 24.2 Å². The highest BCUT2D eigenvalue weighted by Gasteiger charge is 2.26. The molecule has 100 valence electrons. The summed E-state index contributed by atoms with van der Waals surface area (Å²) in [6.45, 7) is 10.6. The van der Waals surface area contributed by atoms with Gasteiger partial charge in [-0.2, -0.15) is 0 Å². The Morgan fingerprint density at radius 3 is 2.53 bits per heavy atom. The Bertz CT molecular complexity index is 241. The monoisotopic (exact) mass is 241 g/mol. The van der Waals surface area contributed by atoms with E-state index in [9.17, 15) is 4.79 Å². The number of nitrogens with one attached hydrogen (secondary N) is 1. The van der Waals surface area contributed by atoms with E-state index < -0.39 is 0 Å². The van der Waals surface area contributed by atoms with Crippen LogP contribution in [0.1, 0.15) is 27.2 Å². The maximum Gasteiger partial charge on any atom is 0.236 e. The van der Waals surface area contributed by atoms with Crippen molar-refractivity contribution >= 4 is 5.91 Å². The summed E-state index contributed by atoms with van der Waals surface area (Å²) in [5, 5.41) is 3.41. The normalized spacial score (nSPS) is 25.0. The number of hydrogen-bond acceptors (Lipinski definition) is 3. The van der Waals surface area contributed by atoms with Crippen molar-refractivity contribution < 1.29 is 4.79 Å². The molecule has 1 N–H and O–H groups in total. The molecule has 0 aromatic rings. The van der Waals surface area contributed by atoms with Gasteiger partial charge in [0, 0.05) is 25.7 Å². The van der Waals surface area contributed by atoms with Crippen molar-refractivity contribution in [2.75, 3.05) is 39.8 Å². The number of rotatable bonds is 5. The number of nitrogens with zero attached hydrogens (tertiary/aromatic N) is 2. The average molecular weight is 241 g/mol. The predicted molar refractivity (Wildman–Crippen MR) is 71.0 cm³/mol. The van der Waals surface area contributed by atoms with Crippen LogP contribution in [0.15, 0.2) is 0 Å². The van der Waals surface area contributed by atoms with Gasteiger partial charge in [0.15, 0.2) is 0 Å². The lowest BCUT2D eigenvalue weighted by Gasteiger charge is -2.37. The highest BCUT2D eigenvalue weighted by molar-refractivity contribution is 5.78. The highest BCUT2D eigenvalue weighted by atomic mass is 16.2. The van der Waals surface area contributed by atoms with Gasteiger partial charge in [-0.1, -0.05) is 6.92 Å². The summed E-state index contributed by atoms with van der Waals surface area (Å²) in [4.78, 5) is 16.1. The van der Waals surface area contributed by atoms with Crippen LogP contribution in [-0.4, -0.2) is 61.5 Å². The molecule has 0 aliphatic carbocycles. The average Bonchev–Trinajstić information content (AvgIpc) is 2.31. The van der Waals surface area contributed by atoms with E-state index in [1.807, 2.05) is 18.7 Å². The Morgan fingerprint density at radius 2 is 2.00 bits per heavy atom. The smallest absolute Gasteiger partial charge is 0.236 e. The van der Waals surface area contributed by atoms with Gasteiger partial charge in [-0.15, -0.1) is 0 Å². The van der Waals surface area contributed by atoms with E-state index in [1.165, 1.54) is 6.42 Å². The molecule has 0 aromatic carbocycles. The minimum atomic E-state index is 0.246. The Morgan fingerprint density at radius 1 is 1.35 bits per heavy atom. The van der Waals surface area contributed by atoms with Crippen molar-refractivity contribution in [3.05, 3.63) is 0 Å². The fourth-order valence-corrected chi connectivity index (χ4v) is 2.57. The van der Waals surface area contributed by atoms with Gasteiger partial charge in [0.05, 0.1) is 6.54 Å². The van der Waals surface area contributed by atoms with Crippen molar-refractivity contribution in [1.82, 2.24) is 15.1 Å². The molecule has 1 aliphatic heterocycles. The lowest BCUT2D eigenvalue weighted by molar-refractivity contribution is -0.132. The topological polar surface area (TPSA) is 35.6 Å². The SMILES string of the molecule is CCN(CC)C(=O)CN(C)C1CNCCC1C. The van der Waals surface area contributed by atoms with Gasteiger partial charge in [-0.25, -0.2) is 0 Å². The molecule has 0 saturated carbocycles. The first kappa shape index (κ1) is 14.5. The third-order valence-electron chi connectivity index (χ3n) is 3.85. The van der Waals surface area contributed by atoms with Crippen LogP contribution in [0.25, 0.3) is 0 Å².